The Kier molecular flexibility index (Phi) is 3.66. The number of carbonyl (C=O) groups excluding carboxylic acids is 1. The molecule has 0 unspecified atom stereocenters. The molecule has 1 amide bonds. The number of nitrogens with one attached hydrogen (secondary N) is 1. The quantitative estimate of drug-likeness (QED) is 0.738. The number of imidazole rings is 1. The summed E-state index contributed by atoms with van der Waals surface area (Å²) in [6, 6.07) is 2.19. The standard InChI is InChI=1S/C17H19N7O2/c25-15(20-11-4-5-11)14-21-16(26-22-14)13-3-1-7-23(13)10-12-9-19-17-18-6-2-8-24(12)17/h2,6,8-9,11,13H,1,3-5,7,10H2,(H,20,25)/t13-/m0/s1. The van der Waals surface area contributed by atoms with Gasteiger partial charge in [-0.05, 0) is 38.3 Å². The molecule has 1 N–H and O–H groups in total. The first kappa shape index (κ1) is 15.4. The highest BCUT2D eigenvalue weighted by molar-refractivity contribution is 5.90. The van der Waals surface area contributed by atoms with Crippen LogP contribution >= 0.6 is 0 Å². The number of hydrogen-bond donors (Lipinski definition) is 1. The van der Waals surface area contributed by atoms with Crippen LogP contribution in [0.3, 0.4) is 0 Å². The number of aromatic nitrogens is 5. The van der Waals surface area contributed by atoms with E-state index in [1.807, 2.05) is 22.9 Å². The third kappa shape index (κ3) is 2.84. The molecule has 0 radical (unpaired) electrons. The van der Waals surface area contributed by atoms with Gasteiger partial charge in [-0.2, -0.15) is 4.98 Å². The molecular formula is C17H19N7O2. The molecule has 1 aliphatic carbocycles. The minimum absolute atomic E-state index is 0.0206. The molecule has 5 rings (SSSR count). The van der Waals surface area contributed by atoms with Gasteiger partial charge in [0.05, 0.1) is 17.9 Å². The average Bonchev–Trinajstić information content (AvgIpc) is 3.07. The summed E-state index contributed by atoms with van der Waals surface area (Å²) in [6.07, 6.45) is 9.58. The SMILES string of the molecule is O=C(NC1CC1)c1noc([C@@H]2CCCN2Cc2cnc3ncccn23)n1. The number of amides is 1. The van der Waals surface area contributed by atoms with Crippen molar-refractivity contribution in [3.63, 3.8) is 0 Å². The zero-order valence-electron chi connectivity index (χ0n) is 14.2. The molecule has 1 aliphatic heterocycles. The molecule has 9 nitrogen and oxygen atoms in total. The molecular weight excluding hydrogens is 334 g/mol. The highest BCUT2D eigenvalue weighted by Crippen LogP contribution is 2.32. The highest BCUT2D eigenvalue weighted by Gasteiger charge is 2.33. The molecule has 0 bridgehead atoms. The summed E-state index contributed by atoms with van der Waals surface area (Å²) in [5, 5.41) is 6.76. The third-order valence-electron chi connectivity index (χ3n) is 4.94. The van der Waals surface area contributed by atoms with Gasteiger partial charge in [-0.25, -0.2) is 9.97 Å². The van der Waals surface area contributed by atoms with Crippen LogP contribution < -0.4 is 5.32 Å². The van der Waals surface area contributed by atoms with Crippen molar-refractivity contribution in [1.82, 2.24) is 34.7 Å². The first-order valence-electron chi connectivity index (χ1n) is 8.93. The molecule has 3 aromatic heterocycles. The predicted octanol–water partition coefficient (Wildman–Crippen LogP) is 1.34. The molecule has 3 aromatic rings. The lowest BCUT2D eigenvalue weighted by molar-refractivity contribution is 0.0937. The summed E-state index contributed by atoms with van der Waals surface area (Å²) in [4.78, 5) is 27.3. The Hall–Kier alpha value is -2.81. The van der Waals surface area contributed by atoms with Crippen LogP contribution in [0.4, 0.5) is 0 Å². The molecule has 2 fully saturated rings. The first-order valence-corrected chi connectivity index (χ1v) is 8.93. The van der Waals surface area contributed by atoms with Crippen LogP contribution in [0.15, 0.2) is 29.2 Å². The van der Waals surface area contributed by atoms with Crippen molar-refractivity contribution in [2.75, 3.05) is 6.54 Å². The van der Waals surface area contributed by atoms with Crippen molar-refractivity contribution >= 4 is 11.7 Å². The van der Waals surface area contributed by atoms with E-state index in [9.17, 15) is 4.79 Å². The lowest BCUT2D eigenvalue weighted by atomic mass is 10.2. The lowest BCUT2D eigenvalue weighted by Gasteiger charge is -2.20. The van der Waals surface area contributed by atoms with E-state index in [1.54, 1.807) is 6.20 Å². The summed E-state index contributed by atoms with van der Waals surface area (Å²) in [6.45, 7) is 1.65. The number of carbonyl (C=O) groups is 1. The number of hydrogen-bond acceptors (Lipinski definition) is 7. The topological polar surface area (TPSA) is 101 Å². The van der Waals surface area contributed by atoms with E-state index in [-0.39, 0.29) is 23.8 Å². The molecule has 2 aliphatic rings. The van der Waals surface area contributed by atoms with Crippen LogP contribution in [-0.2, 0) is 6.54 Å². The largest absolute Gasteiger partial charge is 0.346 e. The van der Waals surface area contributed by atoms with Gasteiger partial charge in [0.25, 0.3) is 11.7 Å². The molecule has 1 saturated carbocycles. The predicted molar refractivity (Wildman–Crippen MR) is 90.2 cm³/mol. The van der Waals surface area contributed by atoms with Crippen LogP contribution in [0.25, 0.3) is 5.78 Å². The van der Waals surface area contributed by atoms with E-state index in [0.717, 1.165) is 37.9 Å². The summed E-state index contributed by atoms with van der Waals surface area (Å²) in [5.41, 5.74) is 1.06. The lowest BCUT2D eigenvalue weighted by Crippen LogP contribution is -2.27. The van der Waals surface area contributed by atoms with E-state index in [0.29, 0.717) is 18.2 Å². The number of nitrogens with zero attached hydrogens (tertiary/aromatic N) is 6. The van der Waals surface area contributed by atoms with Crippen molar-refractivity contribution in [2.45, 2.75) is 44.3 Å². The Morgan fingerprint density at radius 1 is 1.31 bits per heavy atom. The molecule has 4 heterocycles. The van der Waals surface area contributed by atoms with Crippen molar-refractivity contribution in [3.05, 3.63) is 42.1 Å². The van der Waals surface area contributed by atoms with Gasteiger partial charge < -0.3 is 9.84 Å². The minimum atomic E-state index is -0.250. The van der Waals surface area contributed by atoms with Crippen molar-refractivity contribution < 1.29 is 9.32 Å². The van der Waals surface area contributed by atoms with Gasteiger partial charge >= 0.3 is 0 Å². The van der Waals surface area contributed by atoms with Crippen LogP contribution in [-0.4, -0.2) is 47.9 Å². The molecule has 134 valence electrons. The molecule has 0 aromatic carbocycles. The van der Waals surface area contributed by atoms with Crippen molar-refractivity contribution in [1.29, 1.82) is 0 Å². The number of likely N-dealkylation sites (tertiary alicyclic amines) is 1. The van der Waals surface area contributed by atoms with Crippen molar-refractivity contribution in [2.24, 2.45) is 0 Å². The maximum Gasteiger partial charge on any atom is 0.292 e. The normalized spacial score (nSPS) is 20.7. The van der Waals surface area contributed by atoms with Crippen LogP contribution in [0.5, 0.6) is 0 Å². The Morgan fingerprint density at radius 3 is 3.12 bits per heavy atom. The molecule has 0 spiro atoms. The molecule has 1 saturated heterocycles. The second-order valence-corrected chi connectivity index (χ2v) is 6.87. The molecule has 26 heavy (non-hydrogen) atoms. The van der Waals surface area contributed by atoms with Gasteiger partial charge in [-0.3, -0.25) is 14.1 Å². The second kappa shape index (κ2) is 6.17. The Morgan fingerprint density at radius 2 is 2.23 bits per heavy atom. The Labute approximate surface area is 149 Å². The molecule has 9 heteroatoms. The summed E-state index contributed by atoms with van der Waals surface area (Å²) in [7, 11) is 0. The van der Waals surface area contributed by atoms with E-state index in [4.69, 9.17) is 4.52 Å². The zero-order valence-corrected chi connectivity index (χ0v) is 14.2. The van der Waals surface area contributed by atoms with Gasteiger partial charge in [-0.1, -0.05) is 5.16 Å². The van der Waals surface area contributed by atoms with Crippen molar-refractivity contribution in [3.8, 4) is 0 Å². The number of rotatable bonds is 5. The maximum atomic E-state index is 12.1. The summed E-state index contributed by atoms with van der Waals surface area (Å²) < 4.78 is 7.39. The third-order valence-corrected chi connectivity index (χ3v) is 4.94. The summed E-state index contributed by atoms with van der Waals surface area (Å²) in [5.74, 6) is 1.07. The maximum absolute atomic E-state index is 12.1. The van der Waals surface area contributed by atoms with Crippen LogP contribution in [0.2, 0.25) is 0 Å². The van der Waals surface area contributed by atoms with E-state index < -0.39 is 0 Å². The van der Waals surface area contributed by atoms with Gasteiger partial charge in [0.1, 0.15) is 0 Å². The smallest absolute Gasteiger partial charge is 0.292 e. The average molecular weight is 353 g/mol. The highest BCUT2D eigenvalue weighted by atomic mass is 16.5. The fraction of sp³-hybridized carbons (Fsp3) is 0.471. The van der Waals surface area contributed by atoms with Gasteiger partial charge in [0, 0.05) is 25.0 Å². The number of fused-ring (bicyclic) bond motifs is 1. The van der Waals surface area contributed by atoms with Crippen LogP contribution in [0.1, 0.15) is 53.9 Å². The Bertz CT molecular complexity index is 945. The van der Waals surface area contributed by atoms with E-state index in [1.165, 1.54) is 0 Å². The minimum Gasteiger partial charge on any atom is -0.346 e. The van der Waals surface area contributed by atoms with Crippen LogP contribution in [0, 0.1) is 0 Å². The monoisotopic (exact) mass is 353 g/mol. The second-order valence-electron chi connectivity index (χ2n) is 6.87. The fourth-order valence-corrected chi connectivity index (χ4v) is 3.44. The van der Waals surface area contributed by atoms with E-state index in [2.05, 4.69) is 30.3 Å². The van der Waals surface area contributed by atoms with Gasteiger partial charge in [0.2, 0.25) is 11.7 Å². The van der Waals surface area contributed by atoms with Gasteiger partial charge in [0.15, 0.2) is 0 Å². The molecule has 1 atom stereocenters. The zero-order chi connectivity index (χ0) is 17.5. The fourth-order valence-electron chi connectivity index (χ4n) is 3.44. The van der Waals surface area contributed by atoms with E-state index >= 15 is 0 Å². The first-order chi connectivity index (χ1) is 12.8. The summed E-state index contributed by atoms with van der Waals surface area (Å²) >= 11 is 0. The van der Waals surface area contributed by atoms with Gasteiger partial charge in [-0.15, -0.1) is 0 Å². The Balaban J connectivity index is 1.34.